The van der Waals surface area contributed by atoms with Gasteiger partial charge in [-0.25, -0.2) is 0 Å². The highest BCUT2D eigenvalue weighted by Crippen LogP contribution is 2.45. The normalized spacial score (nSPS) is 34.2. The second kappa shape index (κ2) is 6.59. The van der Waals surface area contributed by atoms with E-state index in [9.17, 15) is 5.26 Å². The van der Waals surface area contributed by atoms with Gasteiger partial charge in [-0.1, -0.05) is 13.3 Å². The Balaban J connectivity index is 0.00000162. The quantitative estimate of drug-likeness (QED) is 0.686. The van der Waals surface area contributed by atoms with Gasteiger partial charge in [0.1, 0.15) is 11.8 Å². The highest BCUT2D eigenvalue weighted by molar-refractivity contribution is 5.12. The second-order valence-corrected chi connectivity index (χ2v) is 5.56. The van der Waals surface area contributed by atoms with Crippen molar-refractivity contribution in [2.75, 3.05) is 13.1 Å². The Hall–Kier alpha value is -0.520. The van der Waals surface area contributed by atoms with Crippen LogP contribution in [0.3, 0.4) is 0 Å². The highest BCUT2D eigenvalue weighted by atomic mass is 35.5. The van der Waals surface area contributed by atoms with Gasteiger partial charge >= 0.3 is 0 Å². The zero-order chi connectivity index (χ0) is 12.3. The van der Waals surface area contributed by atoms with Gasteiger partial charge in [0, 0.05) is 12.3 Å². The van der Waals surface area contributed by atoms with Crippen LogP contribution < -0.4 is 12.4 Å². The van der Waals surface area contributed by atoms with Gasteiger partial charge in [0.2, 0.25) is 0 Å². The number of likely N-dealkylation sites (tertiary alicyclic amines) is 1. The van der Waals surface area contributed by atoms with Gasteiger partial charge < -0.3 is 12.4 Å². The Kier molecular flexibility index (Phi) is 5.69. The van der Waals surface area contributed by atoms with Crippen LogP contribution in [-0.2, 0) is 0 Å². The van der Waals surface area contributed by atoms with Crippen molar-refractivity contribution >= 4 is 0 Å². The molecule has 0 amide bonds. The summed E-state index contributed by atoms with van der Waals surface area (Å²) in [7, 11) is 0. The van der Waals surface area contributed by atoms with Crippen molar-refractivity contribution in [2.45, 2.75) is 58.4 Å². The molecule has 0 bridgehead atoms. The molecule has 2 aliphatic rings. The van der Waals surface area contributed by atoms with Gasteiger partial charge in [-0.15, -0.1) is 0 Å². The van der Waals surface area contributed by atoms with E-state index in [0.29, 0.717) is 5.92 Å². The number of hydrogen-bond donors (Lipinski definition) is 0. The van der Waals surface area contributed by atoms with Crippen LogP contribution in [0.4, 0.5) is 0 Å². The van der Waals surface area contributed by atoms with E-state index < -0.39 is 0 Å². The predicted molar refractivity (Wildman–Crippen MR) is 70.0 cm³/mol. The first-order valence-corrected chi connectivity index (χ1v) is 7.25. The van der Waals surface area contributed by atoms with Crippen molar-refractivity contribution < 1.29 is 16.9 Å². The summed E-state index contributed by atoms with van der Waals surface area (Å²) < 4.78 is 0.995. The molecule has 0 saturated carbocycles. The van der Waals surface area contributed by atoms with E-state index in [1.54, 1.807) is 5.70 Å². The largest absolute Gasteiger partial charge is 1.00 e. The molecule has 0 N–H and O–H groups in total. The van der Waals surface area contributed by atoms with Gasteiger partial charge in [0.25, 0.3) is 0 Å². The van der Waals surface area contributed by atoms with Crippen LogP contribution in [0.5, 0.6) is 0 Å². The van der Waals surface area contributed by atoms with E-state index in [0.717, 1.165) is 17.4 Å². The van der Waals surface area contributed by atoms with Gasteiger partial charge in [0.05, 0.1) is 13.1 Å². The van der Waals surface area contributed by atoms with E-state index in [1.165, 1.54) is 38.6 Å². The lowest BCUT2D eigenvalue weighted by Gasteiger charge is -2.38. The summed E-state index contributed by atoms with van der Waals surface area (Å²) in [5.74, 6) is 0.713. The molecule has 1 aliphatic heterocycles. The minimum Gasteiger partial charge on any atom is -1.00 e. The average Bonchev–Trinajstić information content (AvgIpc) is 2.70. The molecule has 18 heavy (non-hydrogen) atoms. The maximum atomic E-state index is 9.49. The molecule has 0 radical (unpaired) electrons. The van der Waals surface area contributed by atoms with Gasteiger partial charge in [0.15, 0.2) is 6.04 Å². The molecule has 102 valence electrons. The molecule has 1 heterocycles. The lowest BCUT2D eigenvalue weighted by atomic mass is 9.91. The second-order valence-electron chi connectivity index (χ2n) is 5.56. The van der Waals surface area contributed by atoms with Crippen LogP contribution >= 0.6 is 0 Å². The monoisotopic (exact) mass is 268 g/mol. The standard InChI is InChI=1S/C15H25N2.ClH/c1-3-5-10-17(4-2)14(12-16)11-13-8-6-7-9-15(13)17;/h9,13-14H,3-8,10-11H2,1-2H3;1H/q+1;/p-1. The number of rotatable bonds is 4. The highest BCUT2D eigenvalue weighted by Gasteiger charge is 2.50. The average molecular weight is 269 g/mol. The fraction of sp³-hybridized carbons (Fsp3) is 0.800. The summed E-state index contributed by atoms with van der Waals surface area (Å²) in [6, 6.07) is 2.83. The fourth-order valence-electron chi connectivity index (χ4n) is 3.81. The number of nitriles is 1. The number of unbranched alkanes of at least 4 members (excludes halogenated alkanes) is 1. The van der Waals surface area contributed by atoms with Crippen molar-refractivity contribution in [3.63, 3.8) is 0 Å². The number of nitrogens with zero attached hydrogens (tertiary/aromatic N) is 2. The maximum absolute atomic E-state index is 9.49. The summed E-state index contributed by atoms with van der Waals surface area (Å²) >= 11 is 0. The van der Waals surface area contributed by atoms with Crippen molar-refractivity contribution in [1.82, 2.24) is 0 Å². The molecular formula is C15H25ClN2. The summed E-state index contributed by atoms with van der Waals surface area (Å²) in [6.45, 7) is 6.78. The number of allylic oxidation sites excluding steroid dienone is 2. The Morgan fingerprint density at radius 3 is 2.83 bits per heavy atom. The molecule has 0 aromatic heterocycles. The number of halogens is 1. The number of fused-ring (bicyclic) bond motifs is 1. The van der Waals surface area contributed by atoms with E-state index in [1.807, 2.05) is 0 Å². The molecule has 3 unspecified atom stereocenters. The minimum atomic E-state index is 0. The molecule has 1 aliphatic carbocycles. The van der Waals surface area contributed by atoms with E-state index in [-0.39, 0.29) is 18.4 Å². The Bertz CT molecular complexity index is 345. The van der Waals surface area contributed by atoms with Gasteiger partial charge in [-0.2, -0.15) is 5.26 Å². The summed E-state index contributed by atoms with van der Waals surface area (Å²) in [5, 5.41) is 9.49. The molecular weight excluding hydrogens is 244 g/mol. The molecule has 1 fully saturated rings. The van der Waals surface area contributed by atoms with E-state index >= 15 is 0 Å². The number of hydrogen-bond acceptors (Lipinski definition) is 1. The zero-order valence-electron chi connectivity index (χ0n) is 11.7. The van der Waals surface area contributed by atoms with Gasteiger partial charge in [-0.05, 0) is 38.7 Å². The van der Waals surface area contributed by atoms with E-state index in [2.05, 4.69) is 26.0 Å². The Morgan fingerprint density at radius 2 is 2.22 bits per heavy atom. The Labute approximate surface area is 118 Å². The smallest absolute Gasteiger partial charge is 0.181 e. The first-order valence-electron chi connectivity index (χ1n) is 7.25. The van der Waals surface area contributed by atoms with Crippen molar-refractivity contribution in [1.29, 1.82) is 5.26 Å². The third-order valence-electron chi connectivity index (χ3n) is 4.77. The molecule has 2 nitrogen and oxygen atoms in total. The van der Waals surface area contributed by atoms with Crippen molar-refractivity contribution in [3.05, 3.63) is 11.8 Å². The van der Waals surface area contributed by atoms with Crippen LogP contribution in [0.25, 0.3) is 0 Å². The zero-order valence-corrected chi connectivity index (χ0v) is 12.4. The minimum absolute atomic E-state index is 0. The van der Waals surface area contributed by atoms with E-state index in [4.69, 9.17) is 0 Å². The van der Waals surface area contributed by atoms with Crippen LogP contribution in [0.1, 0.15) is 52.4 Å². The fourth-order valence-corrected chi connectivity index (χ4v) is 3.81. The van der Waals surface area contributed by atoms with Crippen LogP contribution in [0.15, 0.2) is 11.8 Å². The molecule has 1 saturated heterocycles. The molecule has 0 aromatic rings. The summed E-state index contributed by atoms with van der Waals surface area (Å²) in [6.07, 6.45) is 9.92. The maximum Gasteiger partial charge on any atom is 0.181 e. The molecule has 0 aromatic carbocycles. The Morgan fingerprint density at radius 1 is 1.44 bits per heavy atom. The molecule has 3 heteroatoms. The van der Waals surface area contributed by atoms with Crippen molar-refractivity contribution in [2.24, 2.45) is 5.92 Å². The lowest BCUT2D eigenvalue weighted by molar-refractivity contribution is -0.898. The first-order chi connectivity index (χ1) is 8.28. The van der Waals surface area contributed by atoms with Crippen LogP contribution in [-0.4, -0.2) is 23.6 Å². The molecule has 0 spiro atoms. The third kappa shape index (κ3) is 2.44. The van der Waals surface area contributed by atoms with Crippen molar-refractivity contribution in [3.8, 4) is 6.07 Å². The number of quaternary nitrogens is 1. The predicted octanol–water partition coefficient (Wildman–Crippen LogP) is 0.607. The molecule has 3 atom stereocenters. The van der Waals surface area contributed by atoms with Crippen LogP contribution in [0.2, 0.25) is 0 Å². The first kappa shape index (κ1) is 15.5. The lowest BCUT2D eigenvalue weighted by Crippen LogP contribution is -3.00. The van der Waals surface area contributed by atoms with Crippen LogP contribution in [0, 0.1) is 17.2 Å². The van der Waals surface area contributed by atoms with Gasteiger partial charge in [-0.3, -0.25) is 4.48 Å². The summed E-state index contributed by atoms with van der Waals surface area (Å²) in [5.41, 5.74) is 1.61. The third-order valence-corrected chi connectivity index (χ3v) is 4.77. The summed E-state index contributed by atoms with van der Waals surface area (Å²) in [4.78, 5) is 0. The molecule has 2 rings (SSSR count). The topological polar surface area (TPSA) is 23.8 Å². The SMILES string of the molecule is CCCC[N+]1(CC)C2=CCCCC2CC1C#N.[Cl-].